The number of nitrogens with zero attached hydrogens (tertiary/aromatic N) is 1. The van der Waals surface area contributed by atoms with Crippen molar-refractivity contribution in [3.05, 3.63) is 34.9 Å². The molecule has 2 N–H and O–H groups in total. The second-order valence-electron chi connectivity index (χ2n) is 5.47. The molecule has 4 nitrogen and oxygen atoms in total. The molecule has 4 heteroatoms. The lowest BCUT2D eigenvalue weighted by atomic mass is 9.99. The van der Waals surface area contributed by atoms with Crippen LogP contribution in [0, 0.1) is 13.8 Å². The van der Waals surface area contributed by atoms with Gasteiger partial charge in [-0.05, 0) is 37.0 Å². The van der Waals surface area contributed by atoms with Crippen LogP contribution < -0.4 is 5.73 Å². The van der Waals surface area contributed by atoms with Gasteiger partial charge < -0.3 is 15.2 Å². The summed E-state index contributed by atoms with van der Waals surface area (Å²) in [6.07, 6.45) is 1.00. The van der Waals surface area contributed by atoms with Crippen molar-refractivity contribution in [3.8, 4) is 0 Å². The summed E-state index contributed by atoms with van der Waals surface area (Å²) in [7, 11) is 3.48. The lowest BCUT2D eigenvalue weighted by molar-refractivity contribution is 0.108. The van der Waals surface area contributed by atoms with Crippen LogP contribution in [0.3, 0.4) is 0 Å². The van der Waals surface area contributed by atoms with Gasteiger partial charge in [-0.2, -0.15) is 0 Å². The number of aryl methyl sites for hydroxylation is 2. The van der Waals surface area contributed by atoms with Crippen molar-refractivity contribution in [2.45, 2.75) is 26.3 Å². The second kappa shape index (κ2) is 9.90. The number of hydrogen-bond acceptors (Lipinski definition) is 4. The average molecular weight is 294 g/mol. The molecule has 1 aromatic carbocycles. The van der Waals surface area contributed by atoms with Crippen LogP contribution in [0.15, 0.2) is 18.2 Å². The van der Waals surface area contributed by atoms with Crippen molar-refractivity contribution >= 4 is 0 Å². The highest BCUT2D eigenvalue weighted by atomic mass is 16.5. The van der Waals surface area contributed by atoms with Gasteiger partial charge in [-0.3, -0.25) is 4.90 Å². The normalized spacial score (nSPS) is 12.9. The SMILES string of the molecule is COCCCN(CCOC)C(CN)c1ccc(C)c(C)c1. The van der Waals surface area contributed by atoms with Crippen molar-refractivity contribution in [1.29, 1.82) is 0 Å². The van der Waals surface area contributed by atoms with Crippen molar-refractivity contribution in [1.82, 2.24) is 4.90 Å². The van der Waals surface area contributed by atoms with Gasteiger partial charge >= 0.3 is 0 Å². The average Bonchev–Trinajstić information content (AvgIpc) is 2.48. The van der Waals surface area contributed by atoms with E-state index >= 15 is 0 Å². The molecule has 0 heterocycles. The maximum Gasteiger partial charge on any atom is 0.0589 e. The van der Waals surface area contributed by atoms with Crippen molar-refractivity contribution in [2.75, 3.05) is 47.1 Å². The Labute approximate surface area is 129 Å². The van der Waals surface area contributed by atoms with E-state index in [0.717, 1.165) is 26.1 Å². The Kier molecular flexibility index (Phi) is 8.54. The fourth-order valence-corrected chi connectivity index (χ4v) is 2.51. The number of ether oxygens (including phenoxy) is 2. The van der Waals surface area contributed by atoms with E-state index in [0.29, 0.717) is 13.2 Å². The van der Waals surface area contributed by atoms with E-state index in [1.807, 2.05) is 0 Å². The van der Waals surface area contributed by atoms with E-state index in [-0.39, 0.29) is 6.04 Å². The quantitative estimate of drug-likeness (QED) is 0.673. The Bertz CT molecular complexity index is 410. The molecule has 0 spiro atoms. The van der Waals surface area contributed by atoms with Gasteiger partial charge in [0, 0.05) is 46.5 Å². The monoisotopic (exact) mass is 294 g/mol. The molecule has 1 aromatic rings. The smallest absolute Gasteiger partial charge is 0.0589 e. The summed E-state index contributed by atoms with van der Waals surface area (Å²) in [5.74, 6) is 0. The third-order valence-electron chi connectivity index (χ3n) is 3.96. The minimum atomic E-state index is 0.233. The first kappa shape index (κ1) is 18.1. The third-order valence-corrected chi connectivity index (χ3v) is 3.96. The third kappa shape index (κ3) is 5.75. The molecule has 0 saturated carbocycles. The molecule has 1 unspecified atom stereocenters. The summed E-state index contributed by atoms with van der Waals surface area (Å²) in [5, 5.41) is 0. The van der Waals surface area contributed by atoms with E-state index in [4.69, 9.17) is 15.2 Å². The van der Waals surface area contributed by atoms with Crippen LogP contribution in [0.2, 0.25) is 0 Å². The van der Waals surface area contributed by atoms with Gasteiger partial charge in [0.2, 0.25) is 0 Å². The number of benzene rings is 1. The highest BCUT2D eigenvalue weighted by Crippen LogP contribution is 2.22. The summed E-state index contributed by atoms with van der Waals surface area (Å²) in [4.78, 5) is 2.40. The molecule has 0 amide bonds. The van der Waals surface area contributed by atoms with Crippen LogP contribution in [0.4, 0.5) is 0 Å². The second-order valence-corrected chi connectivity index (χ2v) is 5.47. The predicted octanol–water partition coefficient (Wildman–Crippen LogP) is 2.29. The molecule has 0 aliphatic carbocycles. The zero-order valence-electron chi connectivity index (χ0n) is 13.9. The van der Waals surface area contributed by atoms with Crippen LogP contribution in [0.1, 0.15) is 29.2 Å². The minimum Gasteiger partial charge on any atom is -0.385 e. The Morgan fingerprint density at radius 3 is 2.33 bits per heavy atom. The highest BCUT2D eigenvalue weighted by molar-refractivity contribution is 5.32. The zero-order chi connectivity index (χ0) is 15.7. The molecule has 0 bridgehead atoms. The molecule has 1 rings (SSSR count). The van der Waals surface area contributed by atoms with Gasteiger partial charge in [0.25, 0.3) is 0 Å². The van der Waals surface area contributed by atoms with Gasteiger partial charge in [-0.1, -0.05) is 18.2 Å². The van der Waals surface area contributed by atoms with Crippen LogP contribution >= 0.6 is 0 Å². The Morgan fingerprint density at radius 2 is 1.76 bits per heavy atom. The van der Waals surface area contributed by atoms with E-state index in [9.17, 15) is 0 Å². The summed E-state index contributed by atoms with van der Waals surface area (Å²) < 4.78 is 10.4. The summed E-state index contributed by atoms with van der Waals surface area (Å²) in [6, 6.07) is 6.85. The molecule has 0 fully saturated rings. The van der Waals surface area contributed by atoms with E-state index in [1.54, 1.807) is 14.2 Å². The molecule has 0 radical (unpaired) electrons. The van der Waals surface area contributed by atoms with Crippen LogP contribution in [0.25, 0.3) is 0 Å². The molecule has 0 aliphatic heterocycles. The summed E-state index contributed by atoms with van der Waals surface area (Å²) in [6.45, 7) is 8.23. The largest absolute Gasteiger partial charge is 0.385 e. The number of nitrogens with two attached hydrogens (primary N) is 1. The highest BCUT2D eigenvalue weighted by Gasteiger charge is 2.19. The first-order chi connectivity index (χ1) is 10.1. The molecule has 0 aliphatic rings. The molecular formula is C17H30N2O2. The number of hydrogen-bond donors (Lipinski definition) is 1. The van der Waals surface area contributed by atoms with E-state index in [1.165, 1.54) is 16.7 Å². The standard InChI is InChI=1S/C17H30N2O2/c1-14-6-7-16(12-15(14)2)17(13-18)19(9-11-21-4)8-5-10-20-3/h6-7,12,17H,5,8-11,13,18H2,1-4H3. The van der Waals surface area contributed by atoms with Gasteiger partial charge in [-0.25, -0.2) is 0 Å². The molecule has 21 heavy (non-hydrogen) atoms. The maximum absolute atomic E-state index is 6.06. The van der Waals surface area contributed by atoms with Crippen LogP contribution in [-0.2, 0) is 9.47 Å². The minimum absolute atomic E-state index is 0.233. The van der Waals surface area contributed by atoms with E-state index < -0.39 is 0 Å². The Balaban J connectivity index is 2.84. The van der Waals surface area contributed by atoms with Crippen LogP contribution in [0.5, 0.6) is 0 Å². The molecule has 0 aromatic heterocycles. The van der Waals surface area contributed by atoms with Crippen molar-refractivity contribution < 1.29 is 9.47 Å². The van der Waals surface area contributed by atoms with Crippen molar-refractivity contribution in [3.63, 3.8) is 0 Å². The fraction of sp³-hybridized carbons (Fsp3) is 0.647. The first-order valence-corrected chi connectivity index (χ1v) is 7.63. The summed E-state index contributed by atoms with van der Waals surface area (Å²) in [5.41, 5.74) is 9.97. The zero-order valence-corrected chi connectivity index (χ0v) is 13.9. The maximum atomic E-state index is 6.06. The fourth-order valence-electron chi connectivity index (χ4n) is 2.51. The molecule has 1 atom stereocenters. The first-order valence-electron chi connectivity index (χ1n) is 7.63. The molecular weight excluding hydrogens is 264 g/mol. The van der Waals surface area contributed by atoms with Crippen molar-refractivity contribution in [2.24, 2.45) is 5.73 Å². The number of methoxy groups -OCH3 is 2. The number of rotatable bonds is 10. The Hall–Kier alpha value is -0.940. The van der Waals surface area contributed by atoms with Gasteiger partial charge in [0.05, 0.1) is 6.61 Å². The van der Waals surface area contributed by atoms with Gasteiger partial charge in [0.1, 0.15) is 0 Å². The topological polar surface area (TPSA) is 47.7 Å². The molecule has 120 valence electrons. The lowest BCUT2D eigenvalue weighted by Crippen LogP contribution is -2.37. The molecule has 0 saturated heterocycles. The van der Waals surface area contributed by atoms with Gasteiger partial charge in [-0.15, -0.1) is 0 Å². The lowest BCUT2D eigenvalue weighted by Gasteiger charge is -2.31. The van der Waals surface area contributed by atoms with Crippen LogP contribution in [-0.4, -0.2) is 52.0 Å². The van der Waals surface area contributed by atoms with E-state index in [2.05, 4.69) is 36.9 Å². The van der Waals surface area contributed by atoms with Gasteiger partial charge in [0.15, 0.2) is 0 Å². The predicted molar refractivity (Wildman–Crippen MR) is 87.7 cm³/mol. The summed E-state index contributed by atoms with van der Waals surface area (Å²) >= 11 is 0. The Morgan fingerprint density at radius 1 is 1.05 bits per heavy atom.